The van der Waals surface area contributed by atoms with Crippen molar-refractivity contribution in [2.45, 2.75) is 6.92 Å². The molecule has 3 aromatic rings. The molecule has 1 aromatic carbocycles. The number of pyridine rings is 2. The van der Waals surface area contributed by atoms with Crippen molar-refractivity contribution in [2.75, 3.05) is 19.0 Å². The quantitative estimate of drug-likeness (QED) is 0.534. The first-order valence-corrected chi connectivity index (χ1v) is 8.38. The van der Waals surface area contributed by atoms with Gasteiger partial charge in [0, 0.05) is 17.6 Å². The number of ether oxygens (including phenoxy) is 2. The largest absolute Gasteiger partial charge is 0.497 e. The minimum absolute atomic E-state index is 0.155. The Labute approximate surface area is 160 Å². The Hall–Kier alpha value is -3.19. The molecule has 7 nitrogen and oxygen atoms in total. The topological polar surface area (TPSA) is 90.4 Å². The number of amides is 1. The number of methoxy groups -OCH3 is 1. The van der Waals surface area contributed by atoms with Crippen molar-refractivity contribution in [1.82, 2.24) is 9.97 Å². The standard InChI is InChI=1S/C19H16ClN3O4/c1-11-14(8-12-5-6-13(26-2)9-16(12)22-11)19(25)27-10-17(24)23-15-4-3-7-21-18(15)20/h3-9H,10H2,1-2H3,(H,23,24). The zero-order valence-corrected chi connectivity index (χ0v) is 15.4. The lowest BCUT2D eigenvalue weighted by Gasteiger charge is -2.10. The molecule has 0 unspecified atom stereocenters. The molecule has 1 N–H and O–H groups in total. The van der Waals surface area contributed by atoms with E-state index >= 15 is 0 Å². The van der Waals surface area contributed by atoms with E-state index < -0.39 is 18.5 Å². The molecule has 0 aliphatic heterocycles. The van der Waals surface area contributed by atoms with Gasteiger partial charge in [-0.2, -0.15) is 0 Å². The van der Waals surface area contributed by atoms with Gasteiger partial charge in [-0.1, -0.05) is 11.6 Å². The van der Waals surface area contributed by atoms with E-state index in [9.17, 15) is 9.59 Å². The Morgan fingerprint density at radius 3 is 2.78 bits per heavy atom. The first kappa shape index (κ1) is 18.6. The third-order valence-corrected chi connectivity index (χ3v) is 4.10. The maximum Gasteiger partial charge on any atom is 0.340 e. The predicted molar refractivity (Wildman–Crippen MR) is 101 cm³/mol. The van der Waals surface area contributed by atoms with Crippen LogP contribution in [0.3, 0.4) is 0 Å². The Bertz CT molecular complexity index is 1020. The van der Waals surface area contributed by atoms with Crippen LogP contribution >= 0.6 is 11.6 Å². The third-order valence-electron chi connectivity index (χ3n) is 3.80. The van der Waals surface area contributed by atoms with Gasteiger partial charge in [0.2, 0.25) is 0 Å². The summed E-state index contributed by atoms with van der Waals surface area (Å²) in [7, 11) is 1.57. The van der Waals surface area contributed by atoms with Crippen LogP contribution in [0.1, 0.15) is 16.1 Å². The number of benzene rings is 1. The van der Waals surface area contributed by atoms with Crippen LogP contribution in [0.5, 0.6) is 5.75 Å². The van der Waals surface area contributed by atoms with Gasteiger partial charge in [0.15, 0.2) is 11.8 Å². The molecule has 1 amide bonds. The summed E-state index contributed by atoms with van der Waals surface area (Å²) < 4.78 is 10.3. The lowest BCUT2D eigenvalue weighted by Crippen LogP contribution is -2.21. The van der Waals surface area contributed by atoms with Crippen molar-refractivity contribution in [1.29, 1.82) is 0 Å². The van der Waals surface area contributed by atoms with Crippen LogP contribution in [-0.4, -0.2) is 35.6 Å². The summed E-state index contributed by atoms with van der Waals surface area (Å²) in [5.41, 5.74) is 1.83. The Balaban J connectivity index is 1.69. The highest BCUT2D eigenvalue weighted by Crippen LogP contribution is 2.22. The van der Waals surface area contributed by atoms with E-state index in [0.717, 1.165) is 5.39 Å². The van der Waals surface area contributed by atoms with E-state index in [0.29, 0.717) is 28.2 Å². The summed E-state index contributed by atoms with van der Waals surface area (Å²) in [6.07, 6.45) is 1.50. The highest BCUT2D eigenvalue weighted by atomic mass is 35.5. The zero-order chi connectivity index (χ0) is 19.4. The molecule has 0 aliphatic rings. The highest BCUT2D eigenvalue weighted by Gasteiger charge is 2.16. The van der Waals surface area contributed by atoms with Gasteiger partial charge in [-0.25, -0.2) is 9.78 Å². The third kappa shape index (κ3) is 4.32. The zero-order valence-electron chi connectivity index (χ0n) is 14.7. The lowest BCUT2D eigenvalue weighted by molar-refractivity contribution is -0.119. The summed E-state index contributed by atoms with van der Waals surface area (Å²) in [6.45, 7) is 1.25. The first-order valence-electron chi connectivity index (χ1n) is 8.01. The molecule has 3 rings (SSSR count). The maximum atomic E-state index is 12.4. The van der Waals surface area contributed by atoms with Crippen molar-refractivity contribution < 1.29 is 19.1 Å². The van der Waals surface area contributed by atoms with Crippen molar-refractivity contribution in [3.8, 4) is 5.75 Å². The summed E-state index contributed by atoms with van der Waals surface area (Å²) >= 11 is 5.87. The fraction of sp³-hybridized carbons (Fsp3) is 0.158. The van der Waals surface area contributed by atoms with Crippen LogP contribution in [0.2, 0.25) is 5.15 Å². The number of aryl methyl sites for hydroxylation is 1. The molecule has 0 saturated heterocycles. The average molecular weight is 386 g/mol. The van der Waals surface area contributed by atoms with E-state index in [1.165, 1.54) is 6.20 Å². The molecule has 0 aliphatic carbocycles. The average Bonchev–Trinajstić information content (AvgIpc) is 2.67. The molecular formula is C19H16ClN3O4. The fourth-order valence-corrected chi connectivity index (χ4v) is 2.62. The number of esters is 1. The van der Waals surface area contributed by atoms with E-state index in [4.69, 9.17) is 21.1 Å². The first-order chi connectivity index (χ1) is 13.0. The van der Waals surface area contributed by atoms with Gasteiger partial charge in [0.1, 0.15) is 5.75 Å². The lowest BCUT2D eigenvalue weighted by atomic mass is 10.1. The number of nitrogens with one attached hydrogen (secondary N) is 1. The minimum Gasteiger partial charge on any atom is -0.497 e. The SMILES string of the molecule is COc1ccc2cc(C(=O)OCC(=O)Nc3cccnc3Cl)c(C)nc2c1. The number of aromatic nitrogens is 2. The van der Waals surface area contributed by atoms with Gasteiger partial charge >= 0.3 is 5.97 Å². The molecule has 0 atom stereocenters. The molecule has 0 fully saturated rings. The monoisotopic (exact) mass is 385 g/mol. The number of hydrogen-bond acceptors (Lipinski definition) is 6. The number of nitrogens with zero attached hydrogens (tertiary/aromatic N) is 2. The second-order valence-corrected chi connectivity index (χ2v) is 6.00. The van der Waals surface area contributed by atoms with Crippen molar-refractivity contribution in [2.24, 2.45) is 0 Å². The number of anilines is 1. The molecule has 27 heavy (non-hydrogen) atoms. The summed E-state index contributed by atoms with van der Waals surface area (Å²) in [5, 5.41) is 3.45. The number of halogens is 1. The molecule has 0 saturated carbocycles. The Kier molecular flexibility index (Phi) is 5.52. The number of fused-ring (bicyclic) bond motifs is 1. The molecule has 138 valence electrons. The molecule has 0 spiro atoms. The van der Waals surface area contributed by atoms with Gasteiger partial charge in [-0.05, 0) is 37.3 Å². The fourth-order valence-electron chi connectivity index (χ4n) is 2.45. The van der Waals surface area contributed by atoms with Crippen molar-refractivity contribution >= 4 is 40.1 Å². The van der Waals surface area contributed by atoms with Crippen LogP contribution in [0, 0.1) is 6.92 Å². The molecular weight excluding hydrogens is 370 g/mol. The Morgan fingerprint density at radius 2 is 2.04 bits per heavy atom. The maximum absolute atomic E-state index is 12.4. The van der Waals surface area contributed by atoms with E-state index in [1.807, 2.05) is 0 Å². The minimum atomic E-state index is -0.634. The van der Waals surface area contributed by atoms with Gasteiger partial charge in [0.25, 0.3) is 5.91 Å². The number of carbonyl (C=O) groups is 2. The predicted octanol–water partition coefficient (Wildman–Crippen LogP) is 3.40. The molecule has 8 heteroatoms. The van der Waals surface area contributed by atoms with E-state index in [2.05, 4.69) is 15.3 Å². The second-order valence-electron chi connectivity index (χ2n) is 5.65. The summed E-state index contributed by atoms with van der Waals surface area (Å²) in [4.78, 5) is 32.6. The van der Waals surface area contributed by atoms with Gasteiger partial charge in [0.05, 0.1) is 29.6 Å². The van der Waals surface area contributed by atoms with Gasteiger partial charge in [-0.15, -0.1) is 0 Å². The van der Waals surface area contributed by atoms with Gasteiger partial charge in [-0.3, -0.25) is 9.78 Å². The smallest absolute Gasteiger partial charge is 0.340 e. The van der Waals surface area contributed by atoms with Crippen molar-refractivity contribution in [3.05, 3.63) is 59.0 Å². The van der Waals surface area contributed by atoms with Crippen LogP contribution in [-0.2, 0) is 9.53 Å². The highest BCUT2D eigenvalue weighted by molar-refractivity contribution is 6.32. The van der Waals surface area contributed by atoms with Crippen LogP contribution in [0.25, 0.3) is 10.9 Å². The number of carbonyl (C=O) groups excluding carboxylic acids is 2. The van der Waals surface area contributed by atoms with E-state index in [1.54, 1.807) is 50.4 Å². The summed E-state index contributed by atoms with van der Waals surface area (Å²) in [5.74, 6) is -0.477. The molecule has 0 bridgehead atoms. The normalized spacial score (nSPS) is 10.5. The molecule has 2 heterocycles. The molecule has 0 radical (unpaired) electrons. The van der Waals surface area contributed by atoms with Crippen LogP contribution in [0.15, 0.2) is 42.6 Å². The van der Waals surface area contributed by atoms with Gasteiger partial charge < -0.3 is 14.8 Å². The number of rotatable bonds is 5. The van der Waals surface area contributed by atoms with Crippen LogP contribution in [0.4, 0.5) is 5.69 Å². The number of hydrogen-bond donors (Lipinski definition) is 1. The Morgan fingerprint density at radius 1 is 1.22 bits per heavy atom. The van der Waals surface area contributed by atoms with Crippen molar-refractivity contribution in [3.63, 3.8) is 0 Å². The van der Waals surface area contributed by atoms with Crippen LogP contribution < -0.4 is 10.1 Å². The summed E-state index contributed by atoms with van der Waals surface area (Å²) in [6, 6.07) is 10.3. The molecule has 2 aromatic heterocycles. The van der Waals surface area contributed by atoms with E-state index in [-0.39, 0.29) is 5.15 Å². The second kappa shape index (κ2) is 8.01.